The van der Waals surface area contributed by atoms with Gasteiger partial charge in [-0.2, -0.15) is 13.2 Å². The predicted octanol–water partition coefficient (Wildman–Crippen LogP) is 3.06. The van der Waals surface area contributed by atoms with E-state index in [1.807, 2.05) is 0 Å². The van der Waals surface area contributed by atoms with Crippen LogP contribution in [0.25, 0.3) is 0 Å². The van der Waals surface area contributed by atoms with Crippen molar-refractivity contribution in [3.63, 3.8) is 0 Å². The Morgan fingerprint density at radius 1 is 1.29 bits per heavy atom. The number of halogens is 4. The number of benzene rings is 1. The van der Waals surface area contributed by atoms with E-state index in [1.165, 1.54) is 6.92 Å². The zero-order valence-corrected chi connectivity index (χ0v) is 12.3. The van der Waals surface area contributed by atoms with Crippen molar-refractivity contribution in [2.75, 3.05) is 11.5 Å². The highest BCUT2D eigenvalue weighted by Gasteiger charge is 2.31. The molecular weight excluding hydrogens is 310 g/mol. The lowest BCUT2D eigenvalue weighted by Gasteiger charge is -2.15. The first-order chi connectivity index (χ1) is 9.57. The lowest BCUT2D eigenvalue weighted by atomic mass is 10.00. The molecule has 1 aromatic rings. The number of rotatable bonds is 6. The van der Waals surface area contributed by atoms with Gasteiger partial charge in [0.25, 0.3) is 0 Å². The quantitative estimate of drug-likeness (QED) is 0.817. The lowest BCUT2D eigenvalue weighted by Crippen LogP contribution is -2.16. The molecule has 0 radical (unpaired) electrons. The van der Waals surface area contributed by atoms with Gasteiger partial charge in [-0.25, -0.2) is 12.8 Å². The van der Waals surface area contributed by atoms with E-state index in [9.17, 15) is 26.0 Å². The molecule has 1 unspecified atom stereocenters. The summed E-state index contributed by atoms with van der Waals surface area (Å²) >= 11 is 0. The van der Waals surface area contributed by atoms with E-state index in [0.29, 0.717) is 12.1 Å². The molecule has 0 aliphatic heterocycles. The summed E-state index contributed by atoms with van der Waals surface area (Å²) in [5.41, 5.74) is 4.45. The van der Waals surface area contributed by atoms with Crippen LogP contribution < -0.4 is 5.73 Å². The van der Waals surface area contributed by atoms with Crippen molar-refractivity contribution in [3.05, 3.63) is 35.1 Å². The van der Waals surface area contributed by atoms with Gasteiger partial charge in [0, 0.05) is 17.4 Å². The Bertz CT molecular complexity index is 584. The van der Waals surface area contributed by atoms with Gasteiger partial charge in [-0.15, -0.1) is 0 Å². The third kappa shape index (κ3) is 5.28. The molecule has 1 rings (SSSR count). The molecule has 120 valence electrons. The van der Waals surface area contributed by atoms with Gasteiger partial charge in [0.2, 0.25) is 0 Å². The number of sulfone groups is 1. The Kier molecular flexibility index (Phi) is 5.75. The van der Waals surface area contributed by atoms with E-state index in [2.05, 4.69) is 0 Å². The van der Waals surface area contributed by atoms with Gasteiger partial charge in [-0.1, -0.05) is 6.92 Å². The molecule has 0 aromatic heterocycles. The highest BCUT2D eigenvalue weighted by molar-refractivity contribution is 7.91. The monoisotopic (exact) mass is 327 g/mol. The summed E-state index contributed by atoms with van der Waals surface area (Å²) in [7, 11) is -3.17. The molecule has 8 heteroatoms. The predicted molar refractivity (Wildman–Crippen MR) is 71.9 cm³/mol. The fraction of sp³-hybridized carbons (Fsp3) is 0.538. The van der Waals surface area contributed by atoms with E-state index in [-0.39, 0.29) is 29.9 Å². The average molecular weight is 327 g/mol. The highest BCUT2D eigenvalue weighted by atomic mass is 32.2. The molecule has 1 atom stereocenters. The smallest absolute Gasteiger partial charge is 0.324 e. The Morgan fingerprint density at radius 2 is 1.90 bits per heavy atom. The summed E-state index contributed by atoms with van der Waals surface area (Å²) in [6.45, 7) is 1.50. The first-order valence-electron chi connectivity index (χ1n) is 6.39. The van der Waals surface area contributed by atoms with Crippen LogP contribution >= 0.6 is 0 Å². The third-order valence-corrected chi connectivity index (χ3v) is 4.92. The third-order valence-electron chi connectivity index (χ3n) is 3.13. The average Bonchev–Trinajstić information content (AvgIpc) is 2.37. The van der Waals surface area contributed by atoms with Crippen LogP contribution in [0, 0.1) is 5.82 Å². The Balaban J connectivity index is 2.80. The van der Waals surface area contributed by atoms with Crippen molar-refractivity contribution in [2.45, 2.75) is 32.0 Å². The first kappa shape index (κ1) is 17.9. The molecule has 0 aliphatic carbocycles. The van der Waals surface area contributed by atoms with Gasteiger partial charge in [-0.05, 0) is 31.0 Å². The van der Waals surface area contributed by atoms with Crippen LogP contribution in [0.4, 0.5) is 17.6 Å². The molecule has 2 N–H and O–H groups in total. The Hall–Kier alpha value is -1.15. The van der Waals surface area contributed by atoms with Crippen LogP contribution in [0.1, 0.15) is 36.9 Å². The summed E-state index contributed by atoms with van der Waals surface area (Å²) in [5, 5.41) is 0. The van der Waals surface area contributed by atoms with Crippen molar-refractivity contribution in [1.82, 2.24) is 0 Å². The van der Waals surface area contributed by atoms with Crippen molar-refractivity contribution >= 4 is 9.84 Å². The van der Waals surface area contributed by atoms with Gasteiger partial charge in [0.1, 0.15) is 15.7 Å². The zero-order chi connectivity index (χ0) is 16.3. The van der Waals surface area contributed by atoms with Crippen LogP contribution in [0.5, 0.6) is 0 Å². The summed E-state index contributed by atoms with van der Waals surface area (Å²) < 4.78 is 73.9. The second-order valence-electron chi connectivity index (χ2n) is 4.72. The second-order valence-corrected chi connectivity index (χ2v) is 7.19. The molecule has 0 amide bonds. The number of hydrogen-bond donors (Lipinski definition) is 1. The van der Waals surface area contributed by atoms with Gasteiger partial charge < -0.3 is 5.73 Å². The topological polar surface area (TPSA) is 60.2 Å². The maximum absolute atomic E-state index is 13.6. The lowest BCUT2D eigenvalue weighted by molar-refractivity contribution is -0.137. The highest BCUT2D eigenvalue weighted by Crippen LogP contribution is 2.32. The Labute approximate surface area is 121 Å². The summed E-state index contributed by atoms with van der Waals surface area (Å²) in [5.74, 6) is -0.952. The molecule has 0 heterocycles. The maximum Gasteiger partial charge on any atom is 0.416 e. The summed E-state index contributed by atoms with van der Waals surface area (Å²) in [6.07, 6.45) is -4.31. The molecule has 0 spiro atoms. The van der Waals surface area contributed by atoms with Crippen LogP contribution in [-0.2, 0) is 16.0 Å². The molecule has 0 aliphatic rings. The van der Waals surface area contributed by atoms with Gasteiger partial charge in [0.05, 0.1) is 11.3 Å². The van der Waals surface area contributed by atoms with Crippen LogP contribution in [0.15, 0.2) is 18.2 Å². The van der Waals surface area contributed by atoms with Gasteiger partial charge >= 0.3 is 6.18 Å². The molecular formula is C13H17F4NO2S. The minimum absolute atomic E-state index is 0.0137. The fourth-order valence-electron chi connectivity index (χ4n) is 1.83. The summed E-state index contributed by atoms with van der Waals surface area (Å²) in [6, 6.07) is 1.07. The van der Waals surface area contributed by atoms with Crippen molar-refractivity contribution < 1.29 is 26.0 Å². The minimum Gasteiger partial charge on any atom is -0.324 e. The molecule has 21 heavy (non-hydrogen) atoms. The zero-order valence-electron chi connectivity index (χ0n) is 11.5. The molecule has 3 nitrogen and oxygen atoms in total. The fourth-order valence-corrected chi connectivity index (χ4v) is 2.72. The van der Waals surface area contributed by atoms with Crippen LogP contribution in [0.3, 0.4) is 0 Å². The van der Waals surface area contributed by atoms with Crippen LogP contribution in [0.2, 0.25) is 0 Å². The SMILES string of the molecule is CCS(=O)(=O)CCCC(N)c1cc(C(F)(F)F)ccc1F. The standard InChI is InChI=1S/C13H17F4NO2S/c1-2-21(19,20)7-3-4-12(18)10-8-9(13(15,16)17)5-6-11(10)14/h5-6,8,12H,2-4,7,18H2,1H3. The normalized spacial score (nSPS) is 14.2. The minimum atomic E-state index is -4.58. The number of nitrogens with two attached hydrogens (primary N) is 1. The van der Waals surface area contributed by atoms with E-state index in [4.69, 9.17) is 5.73 Å². The summed E-state index contributed by atoms with van der Waals surface area (Å²) in [4.78, 5) is 0. The molecule has 1 aromatic carbocycles. The van der Waals surface area contributed by atoms with Gasteiger partial charge in [0.15, 0.2) is 0 Å². The molecule has 0 bridgehead atoms. The molecule has 0 saturated carbocycles. The van der Waals surface area contributed by atoms with E-state index in [0.717, 1.165) is 6.07 Å². The van der Waals surface area contributed by atoms with E-state index in [1.54, 1.807) is 0 Å². The van der Waals surface area contributed by atoms with Crippen molar-refractivity contribution in [3.8, 4) is 0 Å². The Morgan fingerprint density at radius 3 is 2.43 bits per heavy atom. The second kappa shape index (κ2) is 6.74. The maximum atomic E-state index is 13.6. The van der Waals surface area contributed by atoms with Gasteiger partial charge in [-0.3, -0.25) is 0 Å². The van der Waals surface area contributed by atoms with E-state index >= 15 is 0 Å². The number of hydrogen-bond acceptors (Lipinski definition) is 3. The molecule has 0 fully saturated rings. The largest absolute Gasteiger partial charge is 0.416 e. The first-order valence-corrected chi connectivity index (χ1v) is 8.21. The van der Waals surface area contributed by atoms with E-state index < -0.39 is 33.4 Å². The van der Waals surface area contributed by atoms with Crippen molar-refractivity contribution in [2.24, 2.45) is 5.73 Å². The van der Waals surface area contributed by atoms with Crippen molar-refractivity contribution in [1.29, 1.82) is 0 Å². The number of alkyl halides is 3. The van der Waals surface area contributed by atoms with Crippen LogP contribution in [-0.4, -0.2) is 19.9 Å². The molecule has 0 saturated heterocycles.